The van der Waals surface area contributed by atoms with Crippen molar-refractivity contribution >= 4 is 25.7 Å². The topological polar surface area (TPSA) is 172 Å². The second-order valence-corrected chi connectivity index (χ2v) is 15.9. The normalized spacial score (nSPS) is 14.6. The lowest BCUT2D eigenvalue weighted by molar-refractivity contribution is -0.161. The van der Waals surface area contributed by atoms with Gasteiger partial charge in [0.25, 0.3) is 0 Å². The van der Waals surface area contributed by atoms with Crippen molar-refractivity contribution in [1.82, 2.24) is 0 Å². The molecule has 0 aliphatic carbocycles. The van der Waals surface area contributed by atoms with Gasteiger partial charge in [-0.3, -0.25) is 23.4 Å². The Morgan fingerprint density at radius 2 is 0.950 bits per heavy atom. The molecule has 0 aromatic carbocycles. The SMILES string of the molecule is CC/C=C/C/C=C/C/C=C/C/C=C/C/C=C/CCCCCC(=O)O[C@H](COC(=O)CCC/C=C/C/C=C/C/C=C/CCCCCCCC)COP(=O)(O)OC[C@H](N)C(=O)O. The number of aliphatic carboxylic acids is 1. The standard InChI is InChI=1S/C48H78NO10P/c1-3-5-7-9-11-13-15-17-19-21-22-24-26-28-30-32-34-36-38-40-47(51)59-44(42-57-60(54,55)58-43-45(49)48(52)53)41-56-46(50)39-37-35-33-31-29-27-25-23-20-18-16-14-12-10-8-6-4-2/h5,7,11,13,17-20,22,24-25,27-28,30-31,33,44-45H,3-4,6,8-10,12,14-16,21,23,26,29,32,34-43,49H2,1-2H3,(H,52,53)(H,54,55)/b7-5+,13-11+,19-17+,20-18+,24-22+,27-25+,30-28+,33-31+/t44-,45+/m1/s1. The van der Waals surface area contributed by atoms with Gasteiger partial charge in [-0.1, -0.05) is 150 Å². The Bertz CT molecular complexity index is 1380. The molecule has 11 nitrogen and oxygen atoms in total. The second-order valence-electron chi connectivity index (χ2n) is 14.4. The summed E-state index contributed by atoms with van der Waals surface area (Å²) < 4.78 is 32.6. The number of allylic oxidation sites excluding steroid dienone is 16. The number of rotatable bonds is 40. The molecule has 3 atom stereocenters. The Hall–Kier alpha value is -3.60. The van der Waals surface area contributed by atoms with Crippen LogP contribution in [-0.2, 0) is 37.5 Å². The minimum absolute atomic E-state index is 0.105. The Balaban J connectivity index is 4.52. The van der Waals surface area contributed by atoms with Crippen molar-refractivity contribution in [2.75, 3.05) is 19.8 Å². The molecule has 0 aliphatic rings. The van der Waals surface area contributed by atoms with Crippen LogP contribution in [0.15, 0.2) is 97.2 Å². The summed E-state index contributed by atoms with van der Waals surface area (Å²) >= 11 is 0. The molecule has 4 N–H and O–H groups in total. The quantitative estimate of drug-likeness (QED) is 0.0232. The van der Waals surface area contributed by atoms with E-state index < -0.39 is 57.7 Å². The summed E-state index contributed by atoms with van der Waals surface area (Å²) in [4.78, 5) is 46.0. The smallest absolute Gasteiger partial charge is 0.472 e. The van der Waals surface area contributed by atoms with Gasteiger partial charge in [0.1, 0.15) is 12.6 Å². The van der Waals surface area contributed by atoms with E-state index in [0.29, 0.717) is 19.3 Å². The molecule has 12 heteroatoms. The van der Waals surface area contributed by atoms with Crippen LogP contribution in [0.5, 0.6) is 0 Å². The molecule has 340 valence electrons. The molecule has 0 aliphatic heterocycles. The number of phosphoric acid groups is 1. The van der Waals surface area contributed by atoms with Crippen molar-refractivity contribution in [3.05, 3.63) is 97.2 Å². The van der Waals surface area contributed by atoms with Gasteiger partial charge in [-0.25, -0.2) is 4.57 Å². The zero-order valence-corrected chi connectivity index (χ0v) is 37.6. The van der Waals surface area contributed by atoms with Crippen molar-refractivity contribution in [2.45, 2.75) is 167 Å². The predicted molar refractivity (Wildman–Crippen MR) is 244 cm³/mol. The summed E-state index contributed by atoms with van der Waals surface area (Å²) in [6.07, 6.45) is 53.4. The lowest BCUT2D eigenvalue weighted by Crippen LogP contribution is -2.34. The highest BCUT2D eigenvalue weighted by atomic mass is 31.2. The molecule has 0 rings (SSSR count). The first kappa shape index (κ1) is 56.4. The Labute approximate surface area is 362 Å². The fourth-order valence-corrected chi connectivity index (χ4v) is 6.12. The van der Waals surface area contributed by atoms with Gasteiger partial charge in [0.15, 0.2) is 6.10 Å². The number of carboxylic acid groups (broad SMARTS) is 1. The van der Waals surface area contributed by atoms with Crippen molar-refractivity contribution in [1.29, 1.82) is 0 Å². The van der Waals surface area contributed by atoms with Gasteiger partial charge in [-0.05, 0) is 89.9 Å². The van der Waals surface area contributed by atoms with E-state index in [4.69, 9.17) is 24.8 Å². The largest absolute Gasteiger partial charge is 0.480 e. The predicted octanol–water partition coefficient (Wildman–Crippen LogP) is 12.1. The third kappa shape index (κ3) is 41.1. The number of nitrogens with two attached hydrogens (primary N) is 1. The fraction of sp³-hybridized carbons (Fsp3) is 0.604. The first-order valence-electron chi connectivity index (χ1n) is 22.3. The Morgan fingerprint density at radius 3 is 1.45 bits per heavy atom. The number of carbonyl (C=O) groups is 3. The molecule has 1 unspecified atom stereocenters. The highest BCUT2D eigenvalue weighted by Gasteiger charge is 2.28. The summed E-state index contributed by atoms with van der Waals surface area (Å²) in [6, 6.07) is -1.54. The Morgan fingerprint density at radius 1 is 0.533 bits per heavy atom. The summed E-state index contributed by atoms with van der Waals surface area (Å²) in [5, 5.41) is 8.89. The molecule has 0 amide bonds. The van der Waals surface area contributed by atoms with E-state index in [0.717, 1.165) is 70.6 Å². The molecule has 0 saturated carbocycles. The first-order chi connectivity index (χ1) is 29.1. The monoisotopic (exact) mass is 860 g/mol. The van der Waals surface area contributed by atoms with Crippen molar-refractivity contribution in [3.8, 4) is 0 Å². The minimum Gasteiger partial charge on any atom is -0.480 e. The fourth-order valence-electron chi connectivity index (χ4n) is 5.34. The third-order valence-corrected chi connectivity index (χ3v) is 9.77. The highest BCUT2D eigenvalue weighted by molar-refractivity contribution is 7.47. The van der Waals surface area contributed by atoms with Crippen LogP contribution in [0.25, 0.3) is 0 Å². The van der Waals surface area contributed by atoms with Crippen LogP contribution in [0, 0.1) is 0 Å². The molecular weight excluding hydrogens is 781 g/mol. The maximum Gasteiger partial charge on any atom is 0.472 e. The number of phosphoric ester groups is 1. The number of unbranched alkanes of at least 4 members (excludes halogenated alkanes) is 10. The number of ether oxygens (including phenoxy) is 2. The number of carbonyl (C=O) groups excluding carboxylic acids is 2. The molecule has 0 aromatic rings. The summed E-state index contributed by atoms with van der Waals surface area (Å²) in [6.45, 7) is 2.58. The van der Waals surface area contributed by atoms with Crippen LogP contribution in [0.4, 0.5) is 0 Å². The molecule has 0 bridgehead atoms. The maximum absolute atomic E-state index is 12.6. The maximum atomic E-state index is 12.6. The van der Waals surface area contributed by atoms with Crippen LogP contribution in [0.3, 0.4) is 0 Å². The van der Waals surface area contributed by atoms with Gasteiger partial charge in [0, 0.05) is 12.8 Å². The van der Waals surface area contributed by atoms with E-state index in [1.54, 1.807) is 0 Å². The molecule has 0 saturated heterocycles. The van der Waals surface area contributed by atoms with Crippen molar-refractivity contribution in [2.24, 2.45) is 5.73 Å². The van der Waals surface area contributed by atoms with Crippen LogP contribution in [0.1, 0.15) is 155 Å². The van der Waals surface area contributed by atoms with Gasteiger partial charge in [-0.2, -0.15) is 0 Å². The van der Waals surface area contributed by atoms with Gasteiger partial charge in [0.05, 0.1) is 13.2 Å². The summed E-state index contributed by atoms with van der Waals surface area (Å²) in [7, 11) is -4.74. The van der Waals surface area contributed by atoms with E-state index in [-0.39, 0.29) is 12.8 Å². The molecule has 0 aromatic heterocycles. The number of hydrogen-bond acceptors (Lipinski definition) is 9. The lowest BCUT2D eigenvalue weighted by Gasteiger charge is -2.20. The van der Waals surface area contributed by atoms with E-state index in [1.165, 1.54) is 38.5 Å². The van der Waals surface area contributed by atoms with E-state index in [2.05, 4.69) is 110 Å². The zero-order valence-electron chi connectivity index (χ0n) is 36.8. The van der Waals surface area contributed by atoms with Crippen LogP contribution >= 0.6 is 7.82 Å². The van der Waals surface area contributed by atoms with E-state index in [1.807, 2.05) is 6.08 Å². The summed E-state index contributed by atoms with van der Waals surface area (Å²) in [5.41, 5.74) is 5.33. The first-order valence-corrected chi connectivity index (χ1v) is 23.8. The van der Waals surface area contributed by atoms with Crippen molar-refractivity contribution in [3.63, 3.8) is 0 Å². The molecule has 0 fully saturated rings. The summed E-state index contributed by atoms with van der Waals surface area (Å²) in [5.74, 6) is -2.50. The molecule has 60 heavy (non-hydrogen) atoms. The number of carboxylic acids is 1. The van der Waals surface area contributed by atoms with Crippen LogP contribution in [0.2, 0.25) is 0 Å². The van der Waals surface area contributed by atoms with E-state index in [9.17, 15) is 23.8 Å². The minimum atomic E-state index is -4.74. The van der Waals surface area contributed by atoms with Gasteiger partial charge < -0.3 is 25.2 Å². The number of esters is 2. The Kier molecular flexibility index (Phi) is 39.6. The average Bonchev–Trinajstić information content (AvgIpc) is 3.22. The van der Waals surface area contributed by atoms with Gasteiger partial charge in [-0.15, -0.1) is 0 Å². The van der Waals surface area contributed by atoms with Crippen LogP contribution in [-0.4, -0.2) is 59.9 Å². The number of hydrogen-bond donors (Lipinski definition) is 3. The average molecular weight is 860 g/mol. The van der Waals surface area contributed by atoms with Gasteiger partial charge >= 0.3 is 25.7 Å². The van der Waals surface area contributed by atoms with Gasteiger partial charge in [0.2, 0.25) is 0 Å². The van der Waals surface area contributed by atoms with E-state index >= 15 is 0 Å². The zero-order chi connectivity index (χ0) is 44.2. The molecule has 0 spiro atoms. The second kappa shape index (κ2) is 42.1. The van der Waals surface area contributed by atoms with Crippen LogP contribution < -0.4 is 5.73 Å². The molecular formula is C48H78NO10P. The van der Waals surface area contributed by atoms with Crippen molar-refractivity contribution < 1.29 is 47.5 Å². The lowest BCUT2D eigenvalue weighted by atomic mass is 10.1. The third-order valence-electron chi connectivity index (χ3n) is 8.82. The molecule has 0 heterocycles. The molecule has 0 radical (unpaired) electrons. The highest BCUT2D eigenvalue weighted by Crippen LogP contribution is 2.43.